The Labute approximate surface area is 211 Å². The van der Waals surface area contributed by atoms with Crippen LogP contribution in [0.2, 0.25) is 0 Å². The smallest absolute Gasteiger partial charge is 0.267 e. The first-order chi connectivity index (χ1) is 16.3. The van der Waals surface area contributed by atoms with Crippen LogP contribution in [0.15, 0.2) is 28.0 Å². The van der Waals surface area contributed by atoms with Gasteiger partial charge in [-0.15, -0.1) is 0 Å². The molecule has 0 unspecified atom stereocenters. The first-order valence-corrected chi connectivity index (χ1v) is 13.5. The van der Waals surface area contributed by atoms with Crippen molar-refractivity contribution in [2.75, 3.05) is 24.5 Å². The molecule has 2 aliphatic rings. The molecular weight excluding hydrogens is 464 g/mol. The molecule has 0 aromatic carbocycles. The van der Waals surface area contributed by atoms with E-state index in [4.69, 9.17) is 17.2 Å². The molecule has 2 aliphatic heterocycles. The summed E-state index contributed by atoms with van der Waals surface area (Å²) in [5.74, 6) is 1.58. The molecule has 6 nitrogen and oxygen atoms in total. The largest absolute Gasteiger partial charge is 0.355 e. The lowest BCUT2D eigenvalue weighted by molar-refractivity contribution is -0.122. The number of fused-ring (bicyclic) bond motifs is 1. The van der Waals surface area contributed by atoms with Gasteiger partial charge in [0.2, 0.25) is 0 Å². The molecule has 2 atom stereocenters. The highest BCUT2D eigenvalue weighted by Gasteiger charge is 2.33. The highest BCUT2D eigenvalue weighted by Crippen LogP contribution is 2.34. The summed E-state index contributed by atoms with van der Waals surface area (Å²) in [5.41, 5.74) is 1.92. The van der Waals surface area contributed by atoms with Gasteiger partial charge in [0, 0.05) is 25.8 Å². The number of piperidine rings is 1. The Morgan fingerprint density at radius 3 is 2.59 bits per heavy atom. The standard InChI is InChI=1S/C26H34N4O2S2/c1-5-6-7-8-11-29-25(32)21(34-26(29)33)13-20-23(28-14-18(3)12-19(4)15-28)27-22-10-9-17(2)16-30(22)24(20)31/h9-10,13,16,18-19H,5-8,11-12,14-15H2,1-4H3/b21-13+/t18-,19-/m0/s1. The van der Waals surface area contributed by atoms with Gasteiger partial charge in [-0.25, -0.2) is 4.98 Å². The van der Waals surface area contributed by atoms with Crippen molar-refractivity contribution >= 4 is 51.7 Å². The summed E-state index contributed by atoms with van der Waals surface area (Å²) in [4.78, 5) is 36.2. The van der Waals surface area contributed by atoms with Crippen LogP contribution in [0.25, 0.3) is 11.7 Å². The lowest BCUT2D eigenvalue weighted by Crippen LogP contribution is -2.40. The molecule has 182 valence electrons. The molecule has 2 aromatic rings. The molecule has 2 aromatic heterocycles. The van der Waals surface area contributed by atoms with Crippen LogP contribution < -0.4 is 10.5 Å². The van der Waals surface area contributed by atoms with Crippen molar-refractivity contribution in [1.29, 1.82) is 0 Å². The van der Waals surface area contributed by atoms with E-state index in [2.05, 4.69) is 25.7 Å². The Morgan fingerprint density at radius 1 is 1.15 bits per heavy atom. The van der Waals surface area contributed by atoms with Crippen molar-refractivity contribution < 1.29 is 4.79 Å². The highest BCUT2D eigenvalue weighted by molar-refractivity contribution is 8.26. The topological polar surface area (TPSA) is 57.9 Å². The average molecular weight is 499 g/mol. The zero-order valence-corrected chi connectivity index (χ0v) is 22.2. The van der Waals surface area contributed by atoms with Gasteiger partial charge in [0.15, 0.2) is 0 Å². The highest BCUT2D eigenvalue weighted by atomic mass is 32.2. The lowest BCUT2D eigenvalue weighted by atomic mass is 9.91. The fraction of sp³-hybridized carbons (Fsp3) is 0.538. The van der Waals surface area contributed by atoms with Gasteiger partial charge in [-0.05, 0) is 49.3 Å². The number of anilines is 1. The Kier molecular flexibility index (Phi) is 7.77. The summed E-state index contributed by atoms with van der Waals surface area (Å²) in [7, 11) is 0. The first kappa shape index (κ1) is 24.9. The molecule has 0 aliphatic carbocycles. The Morgan fingerprint density at radius 2 is 1.88 bits per heavy atom. The minimum absolute atomic E-state index is 0.105. The maximum Gasteiger partial charge on any atom is 0.267 e. The number of carbonyl (C=O) groups is 1. The second-order valence-corrected chi connectivity index (χ2v) is 11.5. The van der Waals surface area contributed by atoms with Crippen molar-refractivity contribution in [3.05, 3.63) is 44.7 Å². The molecular formula is C26H34N4O2S2. The van der Waals surface area contributed by atoms with Crippen LogP contribution in [0.1, 0.15) is 64.0 Å². The van der Waals surface area contributed by atoms with Crippen molar-refractivity contribution in [2.24, 2.45) is 11.8 Å². The molecule has 4 rings (SSSR count). The Bertz CT molecular complexity index is 1180. The normalized spacial score (nSPS) is 22.4. The number of nitrogens with zero attached hydrogens (tertiary/aromatic N) is 4. The number of thiocarbonyl (C=S) groups is 1. The number of hydrogen-bond acceptors (Lipinski definition) is 6. The third-order valence-electron chi connectivity index (χ3n) is 6.54. The van der Waals surface area contributed by atoms with Gasteiger partial charge in [-0.2, -0.15) is 0 Å². The van der Waals surface area contributed by atoms with Crippen LogP contribution in [0.3, 0.4) is 0 Å². The maximum absolute atomic E-state index is 13.7. The molecule has 4 heterocycles. The predicted molar refractivity (Wildman–Crippen MR) is 145 cm³/mol. The zero-order valence-electron chi connectivity index (χ0n) is 20.5. The van der Waals surface area contributed by atoms with Crippen molar-refractivity contribution in [3.8, 4) is 0 Å². The van der Waals surface area contributed by atoms with Gasteiger partial charge < -0.3 is 4.90 Å². The molecule has 0 bridgehead atoms. The van der Waals surface area contributed by atoms with Crippen LogP contribution >= 0.6 is 24.0 Å². The third-order valence-corrected chi connectivity index (χ3v) is 7.92. The number of rotatable bonds is 7. The van der Waals surface area contributed by atoms with Gasteiger partial charge >= 0.3 is 0 Å². The van der Waals surface area contributed by atoms with E-state index in [1.807, 2.05) is 25.3 Å². The summed E-state index contributed by atoms with van der Waals surface area (Å²) in [6.45, 7) is 10.9. The van der Waals surface area contributed by atoms with E-state index in [0.29, 0.717) is 44.6 Å². The van der Waals surface area contributed by atoms with E-state index < -0.39 is 0 Å². The number of unbranched alkanes of at least 4 members (excludes halogenated alkanes) is 3. The summed E-state index contributed by atoms with van der Waals surface area (Å²) >= 11 is 6.81. The number of aryl methyl sites for hydroxylation is 1. The zero-order chi connectivity index (χ0) is 24.4. The van der Waals surface area contributed by atoms with Crippen molar-refractivity contribution in [2.45, 2.75) is 59.8 Å². The maximum atomic E-state index is 13.7. The number of pyridine rings is 1. The average Bonchev–Trinajstić information content (AvgIpc) is 3.05. The lowest BCUT2D eigenvalue weighted by Gasteiger charge is -2.36. The van der Waals surface area contributed by atoms with E-state index in [0.717, 1.165) is 50.8 Å². The molecule has 0 N–H and O–H groups in total. The molecule has 1 amide bonds. The second kappa shape index (κ2) is 10.6. The Balaban J connectivity index is 1.75. The van der Waals surface area contributed by atoms with Gasteiger partial charge in [0.05, 0.1) is 10.5 Å². The number of hydrogen-bond donors (Lipinski definition) is 0. The monoisotopic (exact) mass is 498 g/mol. The summed E-state index contributed by atoms with van der Waals surface area (Å²) in [5, 5.41) is 0. The quantitative estimate of drug-likeness (QED) is 0.295. The minimum Gasteiger partial charge on any atom is -0.355 e. The molecule has 8 heteroatoms. The number of carbonyl (C=O) groups excluding carboxylic acids is 1. The third kappa shape index (κ3) is 5.23. The fourth-order valence-corrected chi connectivity index (χ4v) is 6.26. The molecule has 0 saturated carbocycles. The first-order valence-electron chi connectivity index (χ1n) is 12.3. The summed E-state index contributed by atoms with van der Waals surface area (Å²) < 4.78 is 2.16. The molecule has 0 spiro atoms. The van der Waals surface area contributed by atoms with E-state index in [-0.39, 0.29) is 11.5 Å². The number of amides is 1. The SMILES string of the molecule is CCCCCCN1C(=O)/C(=C\c2c(N3C[C@@H](C)C[C@H](C)C3)nc3ccc(C)cn3c2=O)SC1=S. The van der Waals surface area contributed by atoms with E-state index in [9.17, 15) is 9.59 Å². The van der Waals surface area contributed by atoms with E-state index >= 15 is 0 Å². The van der Waals surface area contributed by atoms with Crippen LogP contribution in [-0.2, 0) is 4.79 Å². The molecule has 2 fully saturated rings. The van der Waals surface area contributed by atoms with Crippen LogP contribution in [0, 0.1) is 18.8 Å². The van der Waals surface area contributed by atoms with Crippen LogP contribution in [0.4, 0.5) is 5.82 Å². The second-order valence-electron chi connectivity index (χ2n) is 9.83. The minimum atomic E-state index is -0.150. The molecule has 2 saturated heterocycles. The predicted octanol–water partition coefficient (Wildman–Crippen LogP) is 5.27. The Hall–Kier alpha value is -2.19. The summed E-state index contributed by atoms with van der Waals surface area (Å²) in [6.07, 6.45) is 9.02. The van der Waals surface area contributed by atoms with Crippen molar-refractivity contribution in [3.63, 3.8) is 0 Å². The van der Waals surface area contributed by atoms with Gasteiger partial charge in [-0.1, -0.05) is 70.1 Å². The number of aromatic nitrogens is 2. The molecule has 34 heavy (non-hydrogen) atoms. The molecule has 0 radical (unpaired) electrons. The van der Waals surface area contributed by atoms with Crippen molar-refractivity contribution in [1.82, 2.24) is 14.3 Å². The summed E-state index contributed by atoms with van der Waals surface area (Å²) in [6, 6.07) is 3.85. The van der Waals surface area contributed by atoms with Crippen LogP contribution in [0.5, 0.6) is 0 Å². The fourth-order valence-electron chi connectivity index (χ4n) is 4.97. The van der Waals surface area contributed by atoms with Crippen LogP contribution in [-0.4, -0.2) is 44.1 Å². The number of thioether (sulfide) groups is 1. The van der Waals surface area contributed by atoms with Gasteiger partial charge in [0.25, 0.3) is 11.5 Å². The van der Waals surface area contributed by atoms with E-state index in [1.165, 1.54) is 11.8 Å². The van der Waals surface area contributed by atoms with Gasteiger partial charge in [0.1, 0.15) is 15.8 Å². The van der Waals surface area contributed by atoms with Gasteiger partial charge in [-0.3, -0.25) is 18.9 Å². The van der Waals surface area contributed by atoms with E-state index in [1.54, 1.807) is 15.4 Å².